The zero-order chi connectivity index (χ0) is 17.8. The number of nitrogens with zero attached hydrogens (tertiary/aromatic N) is 3. The highest BCUT2D eigenvalue weighted by atomic mass is 19.1. The van der Waals surface area contributed by atoms with Gasteiger partial charge in [-0.25, -0.2) is 4.39 Å². The van der Waals surface area contributed by atoms with Crippen molar-refractivity contribution in [3.63, 3.8) is 0 Å². The molecule has 1 N–H and O–H groups in total. The van der Waals surface area contributed by atoms with E-state index >= 15 is 0 Å². The predicted molar refractivity (Wildman–Crippen MR) is 95.3 cm³/mol. The molecule has 134 valence electrons. The molecule has 0 saturated carbocycles. The van der Waals surface area contributed by atoms with E-state index in [-0.39, 0.29) is 11.6 Å². The van der Waals surface area contributed by atoms with Crippen LogP contribution >= 0.6 is 0 Å². The Morgan fingerprint density at radius 1 is 1.00 bits per heavy atom. The van der Waals surface area contributed by atoms with E-state index in [1.165, 1.54) is 16.7 Å². The standard InChI is InChI=1S/C19H24FN3O2/c1-2-21-9-11-22(12-10-21)14-16-7-8-23(19(25)18(16)24)13-15-3-5-17(20)6-4-15/h3-8,24H,2,9-14H2,1H3. The summed E-state index contributed by atoms with van der Waals surface area (Å²) in [6, 6.07) is 7.81. The summed E-state index contributed by atoms with van der Waals surface area (Å²) >= 11 is 0. The van der Waals surface area contributed by atoms with E-state index in [1.54, 1.807) is 24.4 Å². The van der Waals surface area contributed by atoms with Crippen molar-refractivity contribution >= 4 is 0 Å². The minimum atomic E-state index is -0.408. The lowest BCUT2D eigenvalue weighted by Crippen LogP contribution is -2.45. The van der Waals surface area contributed by atoms with Crippen molar-refractivity contribution in [2.24, 2.45) is 0 Å². The van der Waals surface area contributed by atoms with Crippen molar-refractivity contribution in [1.82, 2.24) is 14.4 Å². The summed E-state index contributed by atoms with van der Waals surface area (Å²) in [5.74, 6) is -0.500. The predicted octanol–water partition coefficient (Wildman–Crippen LogP) is 1.88. The lowest BCUT2D eigenvalue weighted by Gasteiger charge is -2.34. The van der Waals surface area contributed by atoms with E-state index in [1.807, 2.05) is 0 Å². The zero-order valence-corrected chi connectivity index (χ0v) is 14.5. The van der Waals surface area contributed by atoms with Gasteiger partial charge in [-0.15, -0.1) is 0 Å². The van der Waals surface area contributed by atoms with Gasteiger partial charge in [0.15, 0.2) is 5.75 Å². The van der Waals surface area contributed by atoms with E-state index in [4.69, 9.17) is 0 Å². The minimum absolute atomic E-state index is 0.192. The van der Waals surface area contributed by atoms with Crippen LogP contribution in [0.4, 0.5) is 4.39 Å². The first kappa shape index (κ1) is 17.6. The molecule has 3 rings (SSSR count). The number of hydrogen-bond donors (Lipinski definition) is 1. The fraction of sp³-hybridized carbons (Fsp3) is 0.421. The highest BCUT2D eigenvalue weighted by Crippen LogP contribution is 2.16. The van der Waals surface area contributed by atoms with Gasteiger partial charge >= 0.3 is 0 Å². The summed E-state index contributed by atoms with van der Waals surface area (Å²) in [4.78, 5) is 17.1. The number of aromatic nitrogens is 1. The first-order valence-corrected chi connectivity index (χ1v) is 8.67. The molecule has 1 aliphatic rings. The van der Waals surface area contributed by atoms with Gasteiger partial charge < -0.3 is 14.6 Å². The van der Waals surface area contributed by atoms with Crippen molar-refractivity contribution in [3.8, 4) is 5.75 Å². The van der Waals surface area contributed by atoms with Crippen molar-refractivity contribution < 1.29 is 9.50 Å². The van der Waals surface area contributed by atoms with Gasteiger partial charge in [0.1, 0.15) is 5.82 Å². The number of likely N-dealkylation sites (N-methyl/N-ethyl adjacent to an activating group) is 1. The van der Waals surface area contributed by atoms with E-state index in [2.05, 4.69) is 16.7 Å². The second-order valence-electron chi connectivity index (χ2n) is 6.46. The highest BCUT2D eigenvalue weighted by molar-refractivity contribution is 5.29. The summed E-state index contributed by atoms with van der Waals surface area (Å²) < 4.78 is 14.4. The number of pyridine rings is 1. The molecule has 0 unspecified atom stereocenters. The maximum absolute atomic E-state index is 13.0. The minimum Gasteiger partial charge on any atom is -0.503 e. The van der Waals surface area contributed by atoms with Crippen LogP contribution in [0.25, 0.3) is 0 Å². The largest absolute Gasteiger partial charge is 0.503 e. The Labute approximate surface area is 146 Å². The SMILES string of the molecule is CCN1CCN(Cc2ccn(Cc3ccc(F)cc3)c(=O)c2O)CC1. The maximum atomic E-state index is 13.0. The van der Waals surface area contributed by atoms with E-state index in [0.717, 1.165) is 38.3 Å². The Kier molecular flexibility index (Phi) is 5.50. The Morgan fingerprint density at radius 2 is 1.64 bits per heavy atom. The molecular weight excluding hydrogens is 321 g/mol. The van der Waals surface area contributed by atoms with E-state index < -0.39 is 5.56 Å². The zero-order valence-electron chi connectivity index (χ0n) is 14.5. The molecule has 1 aromatic carbocycles. The van der Waals surface area contributed by atoms with Crippen molar-refractivity contribution in [3.05, 3.63) is 63.8 Å². The van der Waals surface area contributed by atoms with E-state index in [9.17, 15) is 14.3 Å². The lowest BCUT2D eigenvalue weighted by atomic mass is 10.2. The van der Waals surface area contributed by atoms with Crippen LogP contribution in [0.15, 0.2) is 41.3 Å². The van der Waals surface area contributed by atoms with Crippen LogP contribution in [0, 0.1) is 5.82 Å². The molecule has 5 nitrogen and oxygen atoms in total. The van der Waals surface area contributed by atoms with Gasteiger partial charge in [-0.2, -0.15) is 0 Å². The number of hydrogen-bond acceptors (Lipinski definition) is 4. The second kappa shape index (κ2) is 7.80. The third-order valence-electron chi connectivity index (χ3n) is 4.80. The number of halogens is 1. The van der Waals surface area contributed by atoms with Gasteiger partial charge in [-0.05, 0) is 30.3 Å². The molecular formula is C19H24FN3O2. The maximum Gasteiger partial charge on any atom is 0.293 e. The van der Waals surface area contributed by atoms with Crippen LogP contribution in [0.5, 0.6) is 5.75 Å². The first-order valence-electron chi connectivity index (χ1n) is 8.67. The fourth-order valence-corrected chi connectivity index (χ4v) is 3.14. The van der Waals surface area contributed by atoms with E-state index in [0.29, 0.717) is 18.7 Å². The smallest absolute Gasteiger partial charge is 0.293 e. The highest BCUT2D eigenvalue weighted by Gasteiger charge is 2.18. The van der Waals surface area contributed by atoms with Crippen LogP contribution in [0.3, 0.4) is 0 Å². The number of aromatic hydroxyl groups is 1. The summed E-state index contributed by atoms with van der Waals surface area (Å²) in [7, 11) is 0. The average molecular weight is 345 g/mol. The van der Waals surface area contributed by atoms with Crippen LogP contribution in [0.1, 0.15) is 18.1 Å². The second-order valence-corrected chi connectivity index (χ2v) is 6.46. The molecule has 0 radical (unpaired) electrons. The van der Waals surface area contributed by atoms with Gasteiger partial charge in [0.05, 0.1) is 6.54 Å². The average Bonchev–Trinajstić information content (AvgIpc) is 2.64. The molecule has 2 heterocycles. The molecule has 1 saturated heterocycles. The summed E-state index contributed by atoms with van der Waals surface area (Å²) in [5.41, 5.74) is 1.06. The Bertz CT molecular complexity index is 765. The first-order chi connectivity index (χ1) is 12.1. The molecule has 1 aliphatic heterocycles. The van der Waals surface area contributed by atoms with Crippen molar-refractivity contribution in [1.29, 1.82) is 0 Å². The lowest BCUT2D eigenvalue weighted by molar-refractivity contribution is 0.131. The van der Waals surface area contributed by atoms with Gasteiger partial charge in [-0.3, -0.25) is 9.69 Å². The summed E-state index contributed by atoms with van der Waals surface area (Å²) in [6.07, 6.45) is 1.70. The third kappa shape index (κ3) is 4.27. The molecule has 6 heteroatoms. The van der Waals surface area contributed by atoms with Crippen LogP contribution < -0.4 is 5.56 Å². The van der Waals surface area contributed by atoms with Gasteiger partial charge in [0.25, 0.3) is 5.56 Å². The molecule has 2 aromatic rings. The molecule has 0 aliphatic carbocycles. The van der Waals surface area contributed by atoms with Gasteiger partial charge in [0, 0.05) is 44.5 Å². The Balaban J connectivity index is 1.70. The number of rotatable bonds is 5. The van der Waals surface area contributed by atoms with Gasteiger partial charge in [-0.1, -0.05) is 19.1 Å². The van der Waals surface area contributed by atoms with Crippen LogP contribution in [-0.2, 0) is 13.1 Å². The van der Waals surface area contributed by atoms with Gasteiger partial charge in [0.2, 0.25) is 0 Å². The summed E-state index contributed by atoms with van der Waals surface area (Å²) in [6.45, 7) is 7.99. The number of piperazine rings is 1. The Morgan fingerprint density at radius 3 is 2.28 bits per heavy atom. The van der Waals surface area contributed by atoms with Crippen LogP contribution in [0.2, 0.25) is 0 Å². The monoisotopic (exact) mass is 345 g/mol. The van der Waals surface area contributed by atoms with Crippen molar-refractivity contribution in [2.75, 3.05) is 32.7 Å². The molecule has 0 bridgehead atoms. The number of benzene rings is 1. The molecule has 1 fully saturated rings. The molecule has 25 heavy (non-hydrogen) atoms. The molecule has 0 amide bonds. The fourth-order valence-electron chi connectivity index (χ4n) is 3.14. The molecule has 1 aromatic heterocycles. The normalized spacial score (nSPS) is 16.2. The van der Waals surface area contributed by atoms with Crippen molar-refractivity contribution in [2.45, 2.75) is 20.0 Å². The topological polar surface area (TPSA) is 48.7 Å². The molecule has 0 atom stereocenters. The third-order valence-corrected chi connectivity index (χ3v) is 4.80. The summed E-state index contributed by atoms with van der Waals surface area (Å²) in [5, 5.41) is 10.3. The Hall–Kier alpha value is -2.18. The quantitative estimate of drug-likeness (QED) is 0.899. The molecule has 0 spiro atoms. The van der Waals surface area contributed by atoms with Crippen LogP contribution in [-0.4, -0.2) is 52.2 Å².